The number of hydrogen-bond acceptors (Lipinski definition) is 3. The number of rotatable bonds is 3. The topological polar surface area (TPSA) is 57.7 Å². The predicted octanol–water partition coefficient (Wildman–Crippen LogP) is 2.74. The van der Waals surface area contributed by atoms with Gasteiger partial charge in [0.2, 0.25) is 0 Å². The molecular formula is C18H14N2O3. The first-order valence-electron chi connectivity index (χ1n) is 7.08. The van der Waals surface area contributed by atoms with Gasteiger partial charge in [-0.2, -0.15) is 0 Å². The molecule has 114 valence electrons. The Morgan fingerprint density at radius 2 is 1.35 bits per heavy atom. The molecule has 0 aliphatic carbocycles. The molecule has 0 atom stereocenters. The standard InChI is InChI=1S/C18H14N2O3/c1-13-16(21)19(12-14-8-4-2-5-9-14)18(23)20(17(13)22)15-10-6-3-7-11-15/h2-11H,1,12H2. The maximum Gasteiger partial charge on any atom is 0.338 e. The highest BCUT2D eigenvalue weighted by atomic mass is 16.2. The van der Waals surface area contributed by atoms with Crippen molar-refractivity contribution in [3.8, 4) is 0 Å². The van der Waals surface area contributed by atoms with Crippen LogP contribution in [0.1, 0.15) is 5.56 Å². The Morgan fingerprint density at radius 3 is 1.96 bits per heavy atom. The van der Waals surface area contributed by atoms with Crippen molar-refractivity contribution >= 4 is 23.5 Å². The minimum absolute atomic E-state index is 0.0914. The van der Waals surface area contributed by atoms with Crippen LogP contribution in [0.25, 0.3) is 0 Å². The molecule has 1 aliphatic rings. The van der Waals surface area contributed by atoms with E-state index in [-0.39, 0.29) is 12.1 Å². The summed E-state index contributed by atoms with van der Waals surface area (Å²) in [6, 6.07) is 17.0. The van der Waals surface area contributed by atoms with Gasteiger partial charge in [-0.3, -0.25) is 14.5 Å². The van der Waals surface area contributed by atoms with E-state index in [0.717, 1.165) is 15.4 Å². The molecule has 0 unspecified atom stereocenters. The van der Waals surface area contributed by atoms with Gasteiger partial charge in [0.05, 0.1) is 17.8 Å². The van der Waals surface area contributed by atoms with Crippen molar-refractivity contribution in [1.82, 2.24) is 4.90 Å². The summed E-state index contributed by atoms with van der Waals surface area (Å²) in [4.78, 5) is 39.3. The monoisotopic (exact) mass is 306 g/mol. The normalized spacial score (nSPS) is 15.3. The summed E-state index contributed by atoms with van der Waals surface area (Å²) in [5.74, 6) is -1.34. The molecule has 0 aromatic heterocycles. The molecule has 1 fully saturated rings. The number of nitrogens with zero attached hydrogens (tertiary/aromatic N) is 2. The van der Waals surface area contributed by atoms with E-state index in [1.807, 2.05) is 30.3 Å². The molecule has 1 aliphatic heterocycles. The van der Waals surface area contributed by atoms with E-state index >= 15 is 0 Å². The Kier molecular flexibility index (Phi) is 3.76. The maximum absolute atomic E-state index is 12.7. The first-order valence-corrected chi connectivity index (χ1v) is 7.08. The lowest BCUT2D eigenvalue weighted by molar-refractivity contribution is -0.129. The Bertz CT molecular complexity index is 784. The molecule has 5 heteroatoms. The number of imide groups is 2. The second-order valence-corrected chi connectivity index (χ2v) is 5.11. The van der Waals surface area contributed by atoms with Gasteiger partial charge in [-0.05, 0) is 17.7 Å². The van der Waals surface area contributed by atoms with Gasteiger partial charge >= 0.3 is 6.03 Å². The number of urea groups is 1. The third kappa shape index (κ3) is 2.64. The highest BCUT2D eigenvalue weighted by Crippen LogP contribution is 2.24. The average molecular weight is 306 g/mol. The number of barbiturate groups is 1. The molecule has 2 aromatic rings. The maximum atomic E-state index is 12.7. The summed E-state index contributed by atoms with van der Waals surface area (Å²) in [6.45, 7) is 3.64. The van der Waals surface area contributed by atoms with E-state index in [1.54, 1.807) is 30.3 Å². The van der Waals surface area contributed by atoms with E-state index in [1.165, 1.54) is 0 Å². The fourth-order valence-corrected chi connectivity index (χ4v) is 2.39. The molecule has 1 saturated heterocycles. The SMILES string of the molecule is C=C1C(=O)N(Cc2ccccc2)C(=O)N(c2ccccc2)C1=O. The third-order valence-corrected chi connectivity index (χ3v) is 3.58. The van der Waals surface area contributed by atoms with Crippen molar-refractivity contribution in [3.63, 3.8) is 0 Å². The van der Waals surface area contributed by atoms with Crippen LogP contribution in [0.3, 0.4) is 0 Å². The lowest BCUT2D eigenvalue weighted by Crippen LogP contribution is -2.56. The third-order valence-electron chi connectivity index (χ3n) is 3.58. The molecule has 2 aromatic carbocycles. The molecule has 4 amide bonds. The smallest absolute Gasteiger partial charge is 0.268 e. The average Bonchev–Trinajstić information content (AvgIpc) is 2.59. The second kappa shape index (κ2) is 5.88. The summed E-state index contributed by atoms with van der Waals surface area (Å²) in [6.07, 6.45) is 0. The van der Waals surface area contributed by atoms with E-state index in [2.05, 4.69) is 6.58 Å². The van der Waals surface area contributed by atoms with Crippen LogP contribution in [0.2, 0.25) is 0 Å². The molecular weight excluding hydrogens is 292 g/mol. The molecule has 0 N–H and O–H groups in total. The quantitative estimate of drug-likeness (QED) is 0.647. The first-order chi connectivity index (χ1) is 11.1. The molecule has 1 heterocycles. The number of para-hydroxylation sites is 1. The van der Waals surface area contributed by atoms with Gasteiger partial charge in [-0.15, -0.1) is 0 Å². The minimum Gasteiger partial charge on any atom is -0.268 e. The van der Waals surface area contributed by atoms with Crippen LogP contribution in [0.15, 0.2) is 72.8 Å². The van der Waals surface area contributed by atoms with Gasteiger partial charge < -0.3 is 0 Å². The summed E-state index contributed by atoms with van der Waals surface area (Å²) in [7, 11) is 0. The lowest BCUT2D eigenvalue weighted by atomic mass is 10.1. The molecule has 5 nitrogen and oxygen atoms in total. The largest absolute Gasteiger partial charge is 0.338 e. The van der Waals surface area contributed by atoms with Gasteiger partial charge in [0.1, 0.15) is 0 Å². The summed E-state index contributed by atoms with van der Waals surface area (Å²) in [5, 5.41) is 0. The summed E-state index contributed by atoms with van der Waals surface area (Å²) < 4.78 is 0. The van der Waals surface area contributed by atoms with Crippen molar-refractivity contribution in [2.45, 2.75) is 6.54 Å². The van der Waals surface area contributed by atoms with Crippen molar-refractivity contribution in [2.24, 2.45) is 0 Å². The number of anilines is 1. The first kappa shape index (κ1) is 14.7. The minimum atomic E-state index is -0.685. The van der Waals surface area contributed by atoms with Crippen molar-refractivity contribution in [1.29, 1.82) is 0 Å². The Morgan fingerprint density at radius 1 is 0.783 bits per heavy atom. The molecule has 0 spiro atoms. The number of hydrogen-bond donors (Lipinski definition) is 0. The van der Waals surface area contributed by atoms with Crippen LogP contribution in [0.5, 0.6) is 0 Å². The highest BCUT2D eigenvalue weighted by Gasteiger charge is 2.41. The van der Waals surface area contributed by atoms with Gasteiger partial charge in [-0.25, -0.2) is 9.69 Å². The van der Waals surface area contributed by atoms with E-state index in [4.69, 9.17) is 0 Å². The summed E-state index contributed by atoms with van der Waals surface area (Å²) in [5.41, 5.74) is 0.989. The van der Waals surface area contributed by atoms with Crippen LogP contribution in [0, 0.1) is 0 Å². The van der Waals surface area contributed by atoms with Crippen LogP contribution in [-0.4, -0.2) is 22.7 Å². The second-order valence-electron chi connectivity index (χ2n) is 5.11. The molecule has 3 rings (SSSR count). The van der Waals surface area contributed by atoms with Crippen LogP contribution < -0.4 is 4.90 Å². The lowest BCUT2D eigenvalue weighted by Gasteiger charge is -2.33. The number of carbonyl (C=O) groups is 3. The fraction of sp³-hybridized carbons (Fsp3) is 0.0556. The van der Waals surface area contributed by atoms with Gasteiger partial charge in [-0.1, -0.05) is 55.1 Å². The van der Waals surface area contributed by atoms with E-state index in [9.17, 15) is 14.4 Å². The van der Waals surface area contributed by atoms with Crippen molar-refractivity contribution in [3.05, 3.63) is 78.4 Å². The van der Waals surface area contributed by atoms with Crippen LogP contribution >= 0.6 is 0 Å². The van der Waals surface area contributed by atoms with Crippen LogP contribution in [0.4, 0.5) is 10.5 Å². The Hall–Kier alpha value is -3.21. The van der Waals surface area contributed by atoms with Gasteiger partial charge in [0.25, 0.3) is 11.8 Å². The fourth-order valence-electron chi connectivity index (χ4n) is 2.39. The predicted molar refractivity (Wildman–Crippen MR) is 85.5 cm³/mol. The Labute approximate surface area is 133 Å². The van der Waals surface area contributed by atoms with Gasteiger partial charge in [0.15, 0.2) is 0 Å². The highest BCUT2D eigenvalue weighted by molar-refractivity contribution is 6.37. The van der Waals surface area contributed by atoms with Crippen LogP contribution in [-0.2, 0) is 16.1 Å². The van der Waals surface area contributed by atoms with E-state index < -0.39 is 17.8 Å². The zero-order valence-corrected chi connectivity index (χ0v) is 12.3. The van der Waals surface area contributed by atoms with E-state index in [0.29, 0.717) is 5.69 Å². The molecule has 0 saturated carbocycles. The molecule has 23 heavy (non-hydrogen) atoms. The number of benzene rings is 2. The zero-order valence-electron chi connectivity index (χ0n) is 12.3. The van der Waals surface area contributed by atoms with Crippen molar-refractivity contribution < 1.29 is 14.4 Å². The zero-order chi connectivity index (χ0) is 16.4. The molecule has 0 radical (unpaired) electrons. The number of carbonyl (C=O) groups excluding carboxylic acids is 3. The molecule has 0 bridgehead atoms. The van der Waals surface area contributed by atoms with Crippen molar-refractivity contribution in [2.75, 3.05) is 4.90 Å². The Balaban J connectivity index is 1.97. The van der Waals surface area contributed by atoms with Gasteiger partial charge in [0, 0.05) is 0 Å². The summed E-state index contributed by atoms with van der Waals surface area (Å²) >= 11 is 0. The number of amides is 4.